The lowest BCUT2D eigenvalue weighted by atomic mass is 10.1. The molecular weight excluding hydrogens is 554 g/mol. The van der Waals surface area contributed by atoms with Gasteiger partial charge in [0.2, 0.25) is 0 Å². The third-order valence-electron chi connectivity index (χ3n) is 6.08. The number of aliphatic imine (C=N–C) groups is 1. The van der Waals surface area contributed by atoms with Crippen LogP contribution in [-0.2, 0) is 4.79 Å². The number of amides is 1. The Hall–Kier alpha value is -4.54. The van der Waals surface area contributed by atoms with Gasteiger partial charge in [0.25, 0.3) is 5.91 Å². The highest BCUT2D eigenvalue weighted by atomic mass is 35.5. The highest BCUT2D eigenvalue weighted by Gasteiger charge is 2.36. The lowest BCUT2D eigenvalue weighted by Gasteiger charge is -2.27. The standard InChI is InChI=1S/C29H22ClN3O6S/c1-36-22-11-9-17(14-25(22)38-3)28(35)39-23-10-8-16(13-24(23)37-2)12-19-26(31)33-21(15-40-29(33)32-27(19)34)18-6-4-5-7-20(18)30/h4-15,31H,1-3H3. The van der Waals surface area contributed by atoms with Crippen LogP contribution < -0.4 is 18.9 Å². The molecule has 3 aromatic carbocycles. The zero-order chi connectivity index (χ0) is 28.4. The minimum Gasteiger partial charge on any atom is -0.493 e. The Morgan fingerprint density at radius 3 is 2.38 bits per heavy atom. The molecule has 0 fully saturated rings. The van der Waals surface area contributed by atoms with Gasteiger partial charge in [-0.1, -0.05) is 47.6 Å². The van der Waals surface area contributed by atoms with Gasteiger partial charge >= 0.3 is 5.97 Å². The number of rotatable bonds is 7. The first-order valence-electron chi connectivity index (χ1n) is 11.8. The van der Waals surface area contributed by atoms with Crippen molar-refractivity contribution in [2.75, 3.05) is 21.3 Å². The summed E-state index contributed by atoms with van der Waals surface area (Å²) in [5, 5.41) is 11.6. The van der Waals surface area contributed by atoms with Gasteiger partial charge in [0.05, 0.1) is 38.2 Å². The fourth-order valence-corrected chi connectivity index (χ4v) is 5.22. The molecule has 9 nitrogen and oxygen atoms in total. The average Bonchev–Trinajstić information content (AvgIpc) is 3.39. The number of ether oxygens (including phenoxy) is 4. The first-order chi connectivity index (χ1) is 19.3. The van der Waals surface area contributed by atoms with Crippen molar-refractivity contribution in [2.45, 2.75) is 0 Å². The van der Waals surface area contributed by atoms with Gasteiger partial charge in [-0.05, 0) is 48.0 Å². The Bertz CT molecular complexity index is 1650. The second-order valence-corrected chi connectivity index (χ2v) is 9.66. The second kappa shape index (κ2) is 11.3. The maximum atomic E-state index is 12.9. The van der Waals surface area contributed by atoms with Gasteiger partial charge in [0.1, 0.15) is 5.84 Å². The molecular formula is C29H22ClN3O6S. The predicted octanol–water partition coefficient (Wildman–Crippen LogP) is 5.89. The monoisotopic (exact) mass is 575 g/mol. The molecule has 1 amide bonds. The van der Waals surface area contributed by atoms with E-state index in [1.165, 1.54) is 39.2 Å². The Labute approximate surface area is 239 Å². The largest absolute Gasteiger partial charge is 0.493 e. The van der Waals surface area contributed by atoms with Crippen LogP contribution in [0.5, 0.6) is 23.0 Å². The number of hydrogen-bond acceptors (Lipinski definition) is 8. The fraction of sp³-hybridized carbons (Fsp3) is 0.103. The first kappa shape index (κ1) is 27.0. The molecule has 2 aliphatic heterocycles. The van der Waals surface area contributed by atoms with E-state index in [9.17, 15) is 9.59 Å². The molecule has 2 heterocycles. The summed E-state index contributed by atoms with van der Waals surface area (Å²) in [6.07, 6.45) is 1.54. The minimum absolute atomic E-state index is 0.0332. The number of carbonyl (C=O) groups excluding carboxylic acids is 2. The number of nitrogens with zero attached hydrogens (tertiary/aromatic N) is 2. The summed E-state index contributed by atoms with van der Waals surface area (Å²) in [6, 6.07) is 16.8. The highest BCUT2D eigenvalue weighted by Crippen LogP contribution is 2.40. The van der Waals surface area contributed by atoms with Crippen LogP contribution in [0.4, 0.5) is 0 Å². The van der Waals surface area contributed by atoms with E-state index in [2.05, 4.69) is 4.99 Å². The van der Waals surface area contributed by atoms with Gasteiger partial charge in [-0.2, -0.15) is 4.99 Å². The van der Waals surface area contributed by atoms with Crippen LogP contribution >= 0.6 is 23.4 Å². The lowest BCUT2D eigenvalue weighted by Crippen LogP contribution is -2.38. The number of benzene rings is 3. The van der Waals surface area contributed by atoms with Crippen molar-refractivity contribution in [1.29, 1.82) is 5.41 Å². The van der Waals surface area contributed by atoms with Gasteiger partial charge in [0.15, 0.2) is 28.2 Å². The fourth-order valence-electron chi connectivity index (χ4n) is 4.11. The molecule has 0 aromatic heterocycles. The summed E-state index contributed by atoms with van der Waals surface area (Å²) in [5.74, 6) is 0.109. The maximum Gasteiger partial charge on any atom is 0.343 e. The normalized spacial score (nSPS) is 15.4. The summed E-state index contributed by atoms with van der Waals surface area (Å²) >= 11 is 7.65. The summed E-state index contributed by atoms with van der Waals surface area (Å²) in [7, 11) is 4.42. The number of fused-ring (bicyclic) bond motifs is 1. The molecule has 0 bridgehead atoms. The van der Waals surface area contributed by atoms with Crippen LogP contribution in [0.25, 0.3) is 11.8 Å². The van der Waals surface area contributed by atoms with E-state index >= 15 is 0 Å². The Kier molecular flexibility index (Phi) is 7.63. The van der Waals surface area contributed by atoms with Crippen molar-refractivity contribution >= 4 is 58.0 Å². The number of amidine groups is 2. The number of methoxy groups -OCH3 is 3. The minimum atomic E-state index is -0.623. The molecule has 2 aliphatic rings. The summed E-state index contributed by atoms with van der Waals surface area (Å²) in [4.78, 5) is 31.5. The quantitative estimate of drug-likeness (QED) is 0.211. The van der Waals surface area contributed by atoms with Crippen molar-refractivity contribution in [3.8, 4) is 23.0 Å². The third kappa shape index (κ3) is 5.06. The SMILES string of the molecule is COc1ccc(C(=O)Oc2ccc(C=C3C(=N)N4C(c5ccccc5Cl)=CSC4=NC3=O)cc2OC)cc1OC. The first-order valence-corrected chi connectivity index (χ1v) is 13.1. The number of hydrogen-bond donors (Lipinski definition) is 1. The van der Waals surface area contributed by atoms with Crippen molar-refractivity contribution in [3.63, 3.8) is 0 Å². The van der Waals surface area contributed by atoms with Crippen molar-refractivity contribution in [2.24, 2.45) is 4.99 Å². The van der Waals surface area contributed by atoms with Crippen LogP contribution in [0, 0.1) is 5.41 Å². The zero-order valence-electron chi connectivity index (χ0n) is 21.6. The van der Waals surface area contributed by atoms with Gasteiger partial charge in [-0.25, -0.2) is 4.79 Å². The summed E-state index contributed by atoms with van der Waals surface area (Å²) in [6.45, 7) is 0. The van der Waals surface area contributed by atoms with E-state index in [0.717, 1.165) is 5.56 Å². The second-order valence-electron chi connectivity index (χ2n) is 8.41. The molecule has 0 spiro atoms. The molecule has 0 aliphatic carbocycles. The van der Waals surface area contributed by atoms with E-state index in [-0.39, 0.29) is 28.5 Å². The van der Waals surface area contributed by atoms with Crippen molar-refractivity contribution < 1.29 is 28.5 Å². The number of thioether (sulfide) groups is 1. The van der Waals surface area contributed by atoms with E-state index in [1.54, 1.807) is 47.4 Å². The van der Waals surface area contributed by atoms with Gasteiger partial charge < -0.3 is 18.9 Å². The topological polar surface area (TPSA) is 111 Å². The van der Waals surface area contributed by atoms with E-state index in [1.807, 2.05) is 23.6 Å². The van der Waals surface area contributed by atoms with E-state index in [4.69, 9.17) is 36.0 Å². The molecule has 40 heavy (non-hydrogen) atoms. The Balaban J connectivity index is 1.41. The smallest absolute Gasteiger partial charge is 0.343 e. The Morgan fingerprint density at radius 1 is 0.950 bits per heavy atom. The average molecular weight is 576 g/mol. The van der Waals surface area contributed by atoms with Crippen LogP contribution in [0.2, 0.25) is 5.02 Å². The molecule has 0 atom stereocenters. The van der Waals surface area contributed by atoms with Crippen LogP contribution in [0.15, 0.2) is 76.6 Å². The molecule has 11 heteroatoms. The number of esters is 1. The predicted molar refractivity (Wildman–Crippen MR) is 155 cm³/mol. The van der Waals surface area contributed by atoms with Crippen molar-refractivity contribution in [3.05, 3.63) is 93.4 Å². The van der Waals surface area contributed by atoms with Gasteiger partial charge in [-0.15, -0.1) is 0 Å². The molecule has 202 valence electrons. The third-order valence-corrected chi connectivity index (χ3v) is 7.24. The highest BCUT2D eigenvalue weighted by molar-refractivity contribution is 8.17. The summed E-state index contributed by atoms with van der Waals surface area (Å²) < 4.78 is 21.5. The van der Waals surface area contributed by atoms with Crippen LogP contribution in [-0.4, -0.2) is 49.1 Å². The van der Waals surface area contributed by atoms with Gasteiger partial charge in [0, 0.05) is 16.0 Å². The zero-order valence-corrected chi connectivity index (χ0v) is 23.1. The molecule has 1 N–H and O–H groups in total. The van der Waals surface area contributed by atoms with Gasteiger partial charge in [-0.3, -0.25) is 15.1 Å². The molecule has 3 aromatic rings. The van der Waals surface area contributed by atoms with E-state index in [0.29, 0.717) is 32.9 Å². The number of carbonyl (C=O) groups is 2. The van der Waals surface area contributed by atoms with Crippen LogP contribution in [0.3, 0.4) is 0 Å². The van der Waals surface area contributed by atoms with Crippen LogP contribution in [0.1, 0.15) is 21.5 Å². The molecule has 0 saturated heterocycles. The molecule has 0 unspecified atom stereocenters. The van der Waals surface area contributed by atoms with E-state index < -0.39 is 11.9 Å². The lowest BCUT2D eigenvalue weighted by molar-refractivity contribution is -0.114. The molecule has 0 radical (unpaired) electrons. The van der Waals surface area contributed by atoms with Crippen molar-refractivity contribution in [1.82, 2.24) is 4.90 Å². The summed E-state index contributed by atoms with van der Waals surface area (Å²) in [5.41, 5.74) is 2.27. The number of nitrogens with one attached hydrogen (secondary N) is 1. The maximum absolute atomic E-state index is 12.9. The molecule has 0 saturated carbocycles. The molecule has 5 rings (SSSR count). The number of halogens is 1. The Morgan fingerprint density at radius 2 is 1.65 bits per heavy atom.